The standard InChI is InChI=1S/C74H147N2O6P/c1-6-8-10-12-14-16-18-20-22-24-26-28-30-32-33-34-35-36-37-38-39-40-41-42-43-44-46-48-50-52-54-56-58-60-62-64-66-68-74(78)75-72(71-82-83(79,80)81-70-69-76(3,4)5)73(77)67-65-63-61-59-57-55-53-51-49-47-45-31-29-27-25-23-21-19-17-15-13-11-9-7-2/h57,59,65,67,72-73,77H,6-56,58,60-64,66,68-71H2,1-5H3,(H-,75,78,79,80)/b59-57+,67-65+. The normalized spacial score (nSPS) is 13.7. The lowest BCUT2D eigenvalue weighted by molar-refractivity contribution is -0.870. The highest BCUT2D eigenvalue weighted by molar-refractivity contribution is 7.45. The Balaban J connectivity index is 3.96. The fourth-order valence-electron chi connectivity index (χ4n) is 11.6. The third-order valence-corrected chi connectivity index (χ3v) is 18.4. The molecule has 1 amide bonds. The summed E-state index contributed by atoms with van der Waals surface area (Å²) in [5.74, 6) is -0.198. The van der Waals surface area contributed by atoms with Gasteiger partial charge in [-0.15, -0.1) is 0 Å². The van der Waals surface area contributed by atoms with Crippen LogP contribution in [0.4, 0.5) is 0 Å². The number of carbonyl (C=O) groups is 1. The first kappa shape index (κ1) is 82.0. The fourth-order valence-corrected chi connectivity index (χ4v) is 12.4. The van der Waals surface area contributed by atoms with Gasteiger partial charge >= 0.3 is 0 Å². The Bertz CT molecular complexity index is 1400. The SMILES string of the molecule is CCCCCCCCCCCCCCCCCCCC/C=C/CC/C=C/C(O)C(COP(=O)([O-])OCC[N+](C)(C)C)NC(=O)CCCCCCCCCCCCCCCCCCCCCCCCCCCCCCCCCCCCCCC. The van der Waals surface area contributed by atoms with Crippen LogP contribution in [0.2, 0.25) is 0 Å². The summed E-state index contributed by atoms with van der Waals surface area (Å²) in [7, 11) is 1.26. The number of likely N-dealkylation sites (N-methyl/N-ethyl adjacent to an activating group) is 1. The molecule has 0 saturated heterocycles. The third kappa shape index (κ3) is 68.3. The van der Waals surface area contributed by atoms with Crippen LogP contribution in [0, 0.1) is 0 Å². The second kappa shape index (κ2) is 65.4. The first-order valence-electron chi connectivity index (χ1n) is 37.2. The number of aliphatic hydroxyl groups excluding tert-OH is 1. The molecular formula is C74H147N2O6P. The molecule has 9 heteroatoms. The molecule has 0 aliphatic rings. The van der Waals surface area contributed by atoms with Crippen LogP contribution in [0.1, 0.15) is 393 Å². The number of aliphatic hydroxyl groups is 1. The van der Waals surface area contributed by atoms with Crippen LogP contribution in [0.3, 0.4) is 0 Å². The lowest BCUT2D eigenvalue weighted by Crippen LogP contribution is -2.45. The van der Waals surface area contributed by atoms with E-state index in [9.17, 15) is 19.4 Å². The number of nitrogens with one attached hydrogen (secondary N) is 1. The highest BCUT2D eigenvalue weighted by atomic mass is 31.2. The van der Waals surface area contributed by atoms with E-state index in [2.05, 4.69) is 31.3 Å². The number of hydrogen-bond donors (Lipinski definition) is 2. The van der Waals surface area contributed by atoms with Crippen LogP contribution in [-0.2, 0) is 18.4 Å². The Hall–Kier alpha value is -1.02. The molecular weight excluding hydrogens is 1040 g/mol. The molecule has 0 rings (SSSR count). The minimum atomic E-state index is -4.61. The lowest BCUT2D eigenvalue weighted by atomic mass is 10.0. The summed E-state index contributed by atoms with van der Waals surface area (Å²) in [4.78, 5) is 25.6. The highest BCUT2D eigenvalue weighted by Gasteiger charge is 2.23. The lowest BCUT2D eigenvalue weighted by Gasteiger charge is -2.29. The van der Waals surface area contributed by atoms with Gasteiger partial charge in [0.1, 0.15) is 13.2 Å². The molecule has 3 unspecified atom stereocenters. The Kier molecular flexibility index (Phi) is 64.6. The minimum Gasteiger partial charge on any atom is -0.756 e. The van der Waals surface area contributed by atoms with Crippen LogP contribution >= 0.6 is 7.82 Å². The maximum Gasteiger partial charge on any atom is 0.268 e. The number of hydrogen-bond acceptors (Lipinski definition) is 6. The van der Waals surface area contributed by atoms with Gasteiger partial charge in [-0.1, -0.05) is 378 Å². The zero-order valence-electron chi connectivity index (χ0n) is 56.7. The summed E-state index contributed by atoms with van der Waals surface area (Å²) in [6.07, 6.45) is 86.2. The quantitative estimate of drug-likeness (QED) is 0.0272. The van der Waals surface area contributed by atoms with E-state index in [4.69, 9.17) is 9.05 Å². The van der Waals surface area contributed by atoms with E-state index in [1.54, 1.807) is 6.08 Å². The van der Waals surface area contributed by atoms with Crippen LogP contribution < -0.4 is 10.2 Å². The number of quaternary nitrogens is 1. The molecule has 0 radical (unpaired) electrons. The van der Waals surface area contributed by atoms with Crippen molar-refractivity contribution in [2.45, 2.75) is 405 Å². The number of rotatable bonds is 70. The van der Waals surface area contributed by atoms with Gasteiger partial charge in [-0.2, -0.15) is 0 Å². The van der Waals surface area contributed by atoms with Crippen LogP contribution in [0.15, 0.2) is 24.3 Å². The molecule has 0 heterocycles. The van der Waals surface area contributed by atoms with Crippen molar-refractivity contribution in [1.82, 2.24) is 5.32 Å². The van der Waals surface area contributed by atoms with E-state index >= 15 is 0 Å². The summed E-state index contributed by atoms with van der Waals surface area (Å²) in [6, 6.07) is -0.902. The van der Waals surface area contributed by atoms with Gasteiger partial charge in [-0.05, 0) is 32.1 Å². The molecule has 0 fully saturated rings. The van der Waals surface area contributed by atoms with Crippen LogP contribution in [-0.4, -0.2) is 68.5 Å². The highest BCUT2D eigenvalue weighted by Crippen LogP contribution is 2.38. The average molecular weight is 1190 g/mol. The molecule has 0 aliphatic carbocycles. The van der Waals surface area contributed by atoms with Crippen molar-refractivity contribution in [2.75, 3.05) is 40.9 Å². The van der Waals surface area contributed by atoms with Crippen molar-refractivity contribution in [3.63, 3.8) is 0 Å². The van der Waals surface area contributed by atoms with Crippen molar-refractivity contribution in [2.24, 2.45) is 0 Å². The number of unbranched alkanes of at least 4 members (excludes halogenated alkanes) is 55. The second-order valence-corrected chi connectivity index (χ2v) is 28.4. The van der Waals surface area contributed by atoms with Crippen molar-refractivity contribution in [1.29, 1.82) is 0 Å². The number of phosphoric acid groups is 1. The Labute approximate surface area is 519 Å². The zero-order valence-corrected chi connectivity index (χ0v) is 57.6. The summed E-state index contributed by atoms with van der Waals surface area (Å²) in [6.45, 7) is 4.70. The first-order chi connectivity index (χ1) is 40.5. The molecule has 494 valence electrons. The average Bonchev–Trinajstić information content (AvgIpc) is 3.50. The van der Waals surface area contributed by atoms with E-state index < -0.39 is 20.0 Å². The number of phosphoric ester groups is 1. The van der Waals surface area contributed by atoms with Gasteiger partial charge in [0.15, 0.2) is 0 Å². The van der Waals surface area contributed by atoms with Gasteiger partial charge in [-0.3, -0.25) is 9.36 Å². The summed E-state index contributed by atoms with van der Waals surface area (Å²) in [5.41, 5.74) is 0. The Morgan fingerprint density at radius 3 is 0.976 bits per heavy atom. The van der Waals surface area contributed by atoms with Crippen molar-refractivity contribution in [3.05, 3.63) is 24.3 Å². The fraction of sp³-hybridized carbons (Fsp3) is 0.932. The molecule has 83 heavy (non-hydrogen) atoms. The third-order valence-electron chi connectivity index (χ3n) is 17.4. The topological polar surface area (TPSA) is 108 Å². The van der Waals surface area contributed by atoms with Crippen molar-refractivity contribution in [3.8, 4) is 0 Å². The Morgan fingerprint density at radius 1 is 0.410 bits per heavy atom. The summed E-state index contributed by atoms with van der Waals surface area (Å²) < 4.78 is 23.5. The molecule has 0 aliphatic heterocycles. The number of carbonyl (C=O) groups excluding carboxylic acids is 1. The molecule has 0 aromatic heterocycles. The van der Waals surface area contributed by atoms with Crippen molar-refractivity contribution < 1.29 is 32.9 Å². The number of nitrogens with zero attached hydrogens (tertiary/aromatic N) is 1. The molecule has 0 saturated carbocycles. The molecule has 3 atom stereocenters. The van der Waals surface area contributed by atoms with Crippen molar-refractivity contribution >= 4 is 13.7 Å². The van der Waals surface area contributed by atoms with E-state index in [1.165, 1.54) is 334 Å². The molecule has 8 nitrogen and oxygen atoms in total. The Morgan fingerprint density at radius 2 is 0.675 bits per heavy atom. The summed E-state index contributed by atoms with van der Waals surface area (Å²) in [5, 5.41) is 14.0. The first-order valence-corrected chi connectivity index (χ1v) is 38.7. The number of allylic oxidation sites excluding steroid dienone is 3. The van der Waals surface area contributed by atoms with E-state index in [-0.39, 0.29) is 19.1 Å². The maximum absolute atomic E-state index is 13.0. The molecule has 0 spiro atoms. The van der Waals surface area contributed by atoms with E-state index in [0.717, 1.165) is 38.5 Å². The van der Waals surface area contributed by atoms with Gasteiger partial charge in [0.2, 0.25) is 5.91 Å². The molecule has 0 aromatic carbocycles. The van der Waals surface area contributed by atoms with Gasteiger partial charge in [0.25, 0.3) is 7.82 Å². The minimum absolute atomic E-state index is 0.00339. The monoisotopic (exact) mass is 1190 g/mol. The zero-order chi connectivity index (χ0) is 60.5. The molecule has 2 N–H and O–H groups in total. The summed E-state index contributed by atoms with van der Waals surface area (Å²) >= 11 is 0. The molecule has 0 bridgehead atoms. The smallest absolute Gasteiger partial charge is 0.268 e. The predicted octanol–water partition coefficient (Wildman–Crippen LogP) is 23.2. The van der Waals surface area contributed by atoms with Gasteiger partial charge in [-0.25, -0.2) is 0 Å². The number of amides is 1. The van der Waals surface area contributed by atoms with Gasteiger partial charge in [0.05, 0.1) is 39.9 Å². The maximum atomic E-state index is 13.0. The largest absolute Gasteiger partial charge is 0.756 e. The van der Waals surface area contributed by atoms with Gasteiger partial charge < -0.3 is 28.8 Å². The second-order valence-electron chi connectivity index (χ2n) is 27.0. The predicted molar refractivity (Wildman–Crippen MR) is 362 cm³/mol. The van der Waals surface area contributed by atoms with Crippen LogP contribution in [0.25, 0.3) is 0 Å². The van der Waals surface area contributed by atoms with Crippen LogP contribution in [0.5, 0.6) is 0 Å². The molecule has 0 aromatic rings. The van der Waals surface area contributed by atoms with E-state index in [0.29, 0.717) is 17.4 Å². The van der Waals surface area contributed by atoms with E-state index in [1.807, 2.05) is 27.2 Å². The van der Waals surface area contributed by atoms with Gasteiger partial charge in [0, 0.05) is 6.42 Å².